The van der Waals surface area contributed by atoms with Crippen molar-refractivity contribution in [1.29, 1.82) is 0 Å². The number of hydrogen-bond acceptors (Lipinski definition) is 4. The number of benzene rings is 1. The molecule has 0 atom stereocenters. The summed E-state index contributed by atoms with van der Waals surface area (Å²) in [6.45, 7) is 1.89. The summed E-state index contributed by atoms with van der Waals surface area (Å²) in [5, 5.41) is 9.23. The molecule has 0 bridgehead atoms. The van der Waals surface area contributed by atoms with Crippen LogP contribution in [-0.2, 0) is 11.2 Å². The summed E-state index contributed by atoms with van der Waals surface area (Å²) in [7, 11) is 0. The lowest BCUT2D eigenvalue weighted by Gasteiger charge is -2.12. The topological polar surface area (TPSA) is 80.7 Å². The molecule has 0 aliphatic carbocycles. The molecule has 19 heavy (non-hydrogen) atoms. The Morgan fingerprint density at radius 3 is 2.26 bits per heavy atom. The summed E-state index contributed by atoms with van der Waals surface area (Å²) in [6, 6.07) is 0. The van der Waals surface area contributed by atoms with Gasteiger partial charge in [-0.1, -0.05) is 13.3 Å². The second-order valence-electron chi connectivity index (χ2n) is 3.96. The SMILES string of the molecule is CCCc1c(Br)c(C(=O)O)c(Br)c2c1C(=O)OC2=O. The van der Waals surface area contributed by atoms with E-state index < -0.39 is 17.9 Å². The molecule has 0 radical (unpaired) electrons. The van der Waals surface area contributed by atoms with Crippen LogP contribution in [0.15, 0.2) is 8.95 Å². The molecule has 0 spiro atoms. The number of aromatic carboxylic acids is 1. The summed E-state index contributed by atoms with van der Waals surface area (Å²) < 4.78 is 4.94. The number of halogens is 2. The van der Waals surface area contributed by atoms with Gasteiger partial charge in [0.2, 0.25) is 0 Å². The van der Waals surface area contributed by atoms with Crippen molar-refractivity contribution in [3.8, 4) is 0 Å². The fraction of sp³-hybridized carbons (Fsp3) is 0.250. The minimum absolute atomic E-state index is 0.00551. The molecule has 1 aliphatic rings. The van der Waals surface area contributed by atoms with Gasteiger partial charge in [0.25, 0.3) is 0 Å². The molecule has 100 valence electrons. The van der Waals surface area contributed by atoms with Crippen molar-refractivity contribution in [1.82, 2.24) is 0 Å². The Bertz CT molecular complexity index is 621. The minimum Gasteiger partial charge on any atom is -0.478 e. The van der Waals surface area contributed by atoms with Crippen LogP contribution in [0.4, 0.5) is 0 Å². The molecule has 1 heterocycles. The van der Waals surface area contributed by atoms with Crippen molar-refractivity contribution in [3.63, 3.8) is 0 Å². The van der Waals surface area contributed by atoms with E-state index in [1.807, 2.05) is 6.92 Å². The number of fused-ring (bicyclic) bond motifs is 1. The quantitative estimate of drug-likeness (QED) is 0.632. The molecule has 0 aromatic heterocycles. The number of cyclic esters (lactones) is 2. The monoisotopic (exact) mass is 390 g/mol. The summed E-state index contributed by atoms with van der Waals surface area (Å²) in [4.78, 5) is 34.7. The molecule has 2 rings (SSSR count). The van der Waals surface area contributed by atoms with Crippen LogP contribution in [-0.4, -0.2) is 23.0 Å². The smallest absolute Gasteiger partial charge is 0.348 e. The number of rotatable bonds is 3. The van der Waals surface area contributed by atoms with E-state index in [1.54, 1.807) is 0 Å². The molecule has 1 aliphatic heterocycles. The Hall–Kier alpha value is -1.21. The molecule has 1 N–H and O–H groups in total. The van der Waals surface area contributed by atoms with Gasteiger partial charge in [0.1, 0.15) is 0 Å². The Kier molecular flexibility index (Phi) is 3.78. The highest BCUT2D eigenvalue weighted by molar-refractivity contribution is 9.11. The molecule has 0 fully saturated rings. The molecular formula is C12H8Br2O5. The van der Waals surface area contributed by atoms with Crippen LogP contribution in [0.25, 0.3) is 0 Å². The third-order valence-electron chi connectivity index (χ3n) is 2.78. The average Bonchev–Trinajstić information content (AvgIpc) is 2.60. The zero-order chi connectivity index (χ0) is 14.3. The fourth-order valence-electron chi connectivity index (χ4n) is 2.02. The third-order valence-corrected chi connectivity index (χ3v) is 4.45. The summed E-state index contributed by atoms with van der Waals surface area (Å²) in [5.41, 5.74) is 0.562. The normalized spacial score (nSPS) is 13.4. The number of hydrogen-bond donors (Lipinski definition) is 1. The van der Waals surface area contributed by atoms with E-state index in [0.29, 0.717) is 22.9 Å². The molecular weight excluding hydrogens is 384 g/mol. The maximum absolute atomic E-state index is 11.7. The number of ether oxygens (including phenoxy) is 1. The van der Waals surface area contributed by atoms with E-state index in [-0.39, 0.29) is 21.2 Å². The molecule has 0 amide bonds. The van der Waals surface area contributed by atoms with Gasteiger partial charge >= 0.3 is 17.9 Å². The van der Waals surface area contributed by atoms with Crippen LogP contribution < -0.4 is 0 Å². The van der Waals surface area contributed by atoms with Crippen LogP contribution in [0, 0.1) is 0 Å². The predicted octanol–water partition coefficient (Wildman–Crippen LogP) is 3.17. The lowest BCUT2D eigenvalue weighted by molar-refractivity contribution is 0.0442. The van der Waals surface area contributed by atoms with Crippen molar-refractivity contribution < 1.29 is 24.2 Å². The first-order valence-electron chi connectivity index (χ1n) is 5.43. The Morgan fingerprint density at radius 1 is 1.16 bits per heavy atom. The van der Waals surface area contributed by atoms with Gasteiger partial charge in [0.05, 0.1) is 16.7 Å². The standard InChI is InChI=1S/C12H8Br2O5/c1-2-3-4-5-6(12(18)19-11(5)17)9(14)7(8(4)13)10(15)16/h2-3H2,1H3,(H,15,16). The first-order chi connectivity index (χ1) is 8.90. The van der Waals surface area contributed by atoms with Gasteiger partial charge in [0, 0.05) is 8.95 Å². The van der Waals surface area contributed by atoms with Crippen molar-refractivity contribution in [3.05, 3.63) is 31.2 Å². The summed E-state index contributed by atoms with van der Waals surface area (Å²) >= 11 is 6.28. The van der Waals surface area contributed by atoms with Gasteiger partial charge in [-0.05, 0) is 43.8 Å². The van der Waals surface area contributed by atoms with Crippen molar-refractivity contribution >= 4 is 49.8 Å². The number of carboxylic acids is 1. The summed E-state index contributed by atoms with van der Waals surface area (Å²) in [5.74, 6) is -2.74. The fourth-order valence-corrected chi connectivity index (χ4v) is 3.78. The van der Waals surface area contributed by atoms with Gasteiger partial charge in [-0.3, -0.25) is 0 Å². The maximum atomic E-state index is 11.7. The lowest BCUT2D eigenvalue weighted by Crippen LogP contribution is -2.09. The number of carbonyl (C=O) groups is 3. The second-order valence-corrected chi connectivity index (χ2v) is 5.55. The first-order valence-corrected chi connectivity index (χ1v) is 7.02. The Balaban J connectivity index is 2.89. The molecule has 1 aromatic rings. The number of carboxylic acid groups (broad SMARTS) is 1. The van der Waals surface area contributed by atoms with E-state index in [1.165, 1.54) is 0 Å². The van der Waals surface area contributed by atoms with Crippen LogP contribution in [0.3, 0.4) is 0 Å². The average molecular weight is 392 g/mol. The predicted molar refractivity (Wildman–Crippen MR) is 72.5 cm³/mol. The number of carbonyl (C=O) groups excluding carboxylic acids is 2. The number of esters is 2. The molecule has 0 saturated heterocycles. The van der Waals surface area contributed by atoms with Crippen molar-refractivity contribution in [2.24, 2.45) is 0 Å². The van der Waals surface area contributed by atoms with E-state index in [0.717, 1.165) is 0 Å². The minimum atomic E-state index is -1.19. The van der Waals surface area contributed by atoms with Crippen molar-refractivity contribution in [2.75, 3.05) is 0 Å². The van der Waals surface area contributed by atoms with Crippen LogP contribution in [0.2, 0.25) is 0 Å². The first kappa shape index (κ1) is 14.2. The highest BCUT2D eigenvalue weighted by atomic mass is 79.9. The van der Waals surface area contributed by atoms with Gasteiger partial charge in [-0.15, -0.1) is 0 Å². The van der Waals surface area contributed by atoms with Gasteiger partial charge < -0.3 is 9.84 Å². The molecule has 1 aromatic carbocycles. The molecule has 0 saturated carbocycles. The Morgan fingerprint density at radius 2 is 1.74 bits per heavy atom. The van der Waals surface area contributed by atoms with E-state index in [2.05, 4.69) is 36.6 Å². The third kappa shape index (κ3) is 2.10. The van der Waals surface area contributed by atoms with E-state index in [4.69, 9.17) is 0 Å². The zero-order valence-corrected chi connectivity index (χ0v) is 12.9. The molecule has 7 heteroatoms. The van der Waals surface area contributed by atoms with E-state index >= 15 is 0 Å². The van der Waals surface area contributed by atoms with Crippen molar-refractivity contribution in [2.45, 2.75) is 19.8 Å². The van der Waals surface area contributed by atoms with E-state index in [9.17, 15) is 19.5 Å². The highest BCUT2D eigenvalue weighted by Crippen LogP contribution is 2.39. The van der Waals surface area contributed by atoms with Crippen LogP contribution in [0.1, 0.15) is 50.0 Å². The summed E-state index contributed by atoms with van der Waals surface area (Å²) in [6.07, 6.45) is 1.17. The maximum Gasteiger partial charge on any atom is 0.348 e. The molecule has 5 nitrogen and oxygen atoms in total. The van der Waals surface area contributed by atoms with Crippen LogP contribution in [0.5, 0.6) is 0 Å². The Labute approximate surface area is 125 Å². The highest BCUT2D eigenvalue weighted by Gasteiger charge is 2.38. The van der Waals surface area contributed by atoms with Crippen LogP contribution >= 0.6 is 31.9 Å². The zero-order valence-electron chi connectivity index (χ0n) is 9.75. The lowest BCUT2D eigenvalue weighted by atomic mass is 9.96. The van der Waals surface area contributed by atoms with Gasteiger partial charge in [-0.2, -0.15) is 0 Å². The van der Waals surface area contributed by atoms with Gasteiger partial charge in [0.15, 0.2) is 0 Å². The largest absolute Gasteiger partial charge is 0.478 e. The second kappa shape index (κ2) is 5.05. The van der Waals surface area contributed by atoms with Gasteiger partial charge in [-0.25, -0.2) is 14.4 Å². The molecule has 0 unspecified atom stereocenters.